The molecule has 0 atom stereocenters. The Morgan fingerprint density at radius 3 is 2.93 bits per heavy atom. The maximum absolute atomic E-state index is 11.4. The first-order valence-corrected chi connectivity index (χ1v) is 5.18. The molecule has 0 aromatic carbocycles. The van der Waals surface area contributed by atoms with Crippen molar-refractivity contribution in [3.05, 3.63) is 27.6 Å². The van der Waals surface area contributed by atoms with Crippen LogP contribution in [0, 0.1) is 3.57 Å². The second-order valence-corrected chi connectivity index (χ2v) is 3.86. The molecule has 0 saturated carbocycles. The summed E-state index contributed by atoms with van der Waals surface area (Å²) in [5, 5.41) is 2.40. The maximum atomic E-state index is 11.4. The number of nitrogens with zero attached hydrogens (tertiary/aromatic N) is 1. The summed E-state index contributed by atoms with van der Waals surface area (Å²) in [6, 6.07) is 3.41. The first-order valence-electron chi connectivity index (χ1n) is 4.10. The smallest absolute Gasteiger partial charge is 0.325 e. The lowest BCUT2D eigenvalue weighted by atomic mass is 10.3. The summed E-state index contributed by atoms with van der Waals surface area (Å²) in [6.07, 6.45) is 1.54. The second kappa shape index (κ2) is 5.64. The van der Waals surface area contributed by atoms with E-state index in [1.807, 2.05) is 0 Å². The predicted octanol–water partition coefficient (Wildman–Crippen LogP) is 0.589. The van der Waals surface area contributed by atoms with Gasteiger partial charge in [0.15, 0.2) is 0 Å². The largest absolute Gasteiger partial charge is 0.468 e. The van der Waals surface area contributed by atoms with Gasteiger partial charge in [-0.05, 0) is 34.7 Å². The molecule has 1 rings (SSSR count). The van der Waals surface area contributed by atoms with E-state index in [0.717, 1.165) is 3.57 Å². The molecule has 0 aliphatic rings. The van der Waals surface area contributed by atoms with Gasteiger partial charge in [0.1, 0.15) is 12.2 Å². The summed E-state index contributed by atoms with van der Waals surface area (Å²) >= 11 is 2.08. The lowest BCUT2D eigenvalue weighted by Gasteiger charge is -2.02. The van der Waals surface area contributed by atoms with Gasteiger partial charge in [0.05, 0.1) is 7.11 Å². The summed E-state index contributed by atoms with van der Waals surface area (Å²) in [7, 11) is 1.26. The third-order valence-corrected chi connectivity index (χ3v) is 2.25. The highest BCUT2D eigenvalue weighted by molar-refractivity contribution is 14.1. The van der Waals surface area contributed by atoms with Gasteiger partial charge >= 0.3 is 5.97 Å². The first kappa shape index (κ1) is 11.9. The standard InChI is InChI=1S/C9H9IN2O3/c1-15-8(13)5-12-9(14)7-4-6(10)2-3-11-7/h2-4H,5H2,1H3,(H,12,14). The van der Waals surface area contributed by atoms with Crippen molar-refractivity contribution >= 4 is 34.5 Å². The van der Waals surface area contributed by atoms with E-state index in [9.17, 15) is 9.59 Å². The van der Waals surface area contributed by atoms with Crippen LogP contribution in [0.1, 0.15) is 10.5 Å². The zero-order chi connectivity index (χ0) is 11.3. The molecule has 0 radical (unpaired) electrons. The normalized spacial score (nSPS) is 9.47. The van der Waals surface area contributed by atoms with Gasteiger partial charge < -0.3 is 10.1 Å². The zero-order valence-electron chi connectivity index (χ0n) is 7.99. The van der Waals surface area contributed by atoms with E-state index >= 15 is 0 Å². The molecule has 15 heavy (non-hydrogen) atoms. The number of carbonyl (C=O) groups is 2. The minimum Gasteiger partial charge on any atom is -0.468 e. The molecule has 0 unspecified atom stereocenters. The molecule has 1 N–H and O–H groups in total. The Morgan fingerprint density at radius 1 is 1.60 bits per heavy atom. The topological polar surface area (TPSA) is 68.3 Å². The van der Waals surface area contributed by atoms with Crippen LogP contribution in [-0.2, 0) is 9.53 Å². The van der Waals surface area contributed by atoms with Gasteiger partial charge in [-0.25, -0.2) is 0 Å². The van der Waals surface area contributed by atoms with Gasteiger partial charge in [-0.2, -0.15) is 0 Å². The molecule has 0 aliphatic heterocycles. The van der Waals surface area contributed by atoms with Crippen LogP contribution < -0.4 is 5.32 Å². The molecule has 1 aromatic rings. The molecule has 0 aliphatic carbocycles. The Morgan fingerprint density at radius 2 is 2.33 bits per heavy atom. The monoisotopic (exact) mass is 320 g/mol. The number of hydrogen-bond donors (Lipinski definition) is 1. The van der Waals surface area contributed by atoms with E-state index in [0.29, 0.717) is 0 Å². The minimum absolute atomic E-state index is 0.150. The van der Waals surface area contributed by atoms with Crippen molar-refractivity contribution in [1.29, 1.82) is 0 Å². The number of halogens is 1. The molecule has 5 nitrogen and oxygen atoms in total. The molecule has 1 heterocycles. The molecular formula is C9H9IN2O3. The number of amides is 1. The average Bonchev–Trinajstić information content (AvgIpc) is 2.25. The van der Waals surface area contributed by atoms with Crippen LogP contribution >= 0.6 is 22.6 Å². The zero-order valence-corrected chi connectivity index (χ0v) is 10.1. The number of aromatic nitrogens is 1. The van der Waals surface area contributed by atoms with Gasteiger partial charge in [-0.1, -0.05) is 0 Å². The highest BCUT2D eigenvalue weighted by Crippen LogP contribution is 2.04. The van der Waals surface area contributed by atoms with Crippen molar-refractivity contribution in [2.45, 2.75) is 0 Å². The summed E-state index contributed by atoms with van der Waals surface area (Å²) in [5.41, 5.74) is 0.283. The molecule has 0 spiro atoms. The van der Waals surface area contributed by atoms with Crippen molar-refractivity contribution in [3.8, 4) is 0 Å². The fourth-order valence-electron chi connectivity index (χ4n) is 0.844. The molecule has 0 fully saturated rings. The predicted molar refractivity (Wildman–Crippen MR) is 61.3 cm³/mol. The lowest BCUT2D eigenvalue weighted by molar-refractivity contribution is -0.139. The van der Waals surface area contributed by atoms with Crippen LogP contribution in [0.25, 0.3) is 0 Å². The molecular weight excluding hydrogens is 311 g/mol. The number of pyridine rings is 1. The van der Waals surface area contributed by atoms with E-state index in [4.69, 9.17) is 0 Å². The first-order chi connectivity index (χ1) is 7.13. The number of esters is 1. The Bertz CT molecular complexity index is 381. The van der Waals surface area contributed by atoms with Crippen molar-refractivity contribution < 1.29 is 14.3 Å². The highest BCUT2D eigenvalue weighted by Gasteiger charge is 2.09. The number of methoxy groups -OCH3 is 1. The second-order valence-electron chi connectivity index (χ2n) is 2.62. The fraction of sp³-hybridized carbons (Fsp3) is 0.222. The van der Waals surface area contributed by atoms with E-state index in [-0.39, 0.29) is 18.1 Å². The van der Waals surface area contributed by atoms with Crippen LogP contribution in [0.2, 0.25) is 0 Å². The van der Waals surface area contributed by atoms with Crippen molar-refractivity contribution in [3.63, 3.8) is 0 Å². The fourth-order valence-corrected chi connectivity index (χ4v) is 1.30. The average molecular weight is 320 g/mol. The molecule has 6 heteroatoms. The summed E-state index contributed by atoms with van der Waals surface area (Å²) in [4.78, 5) is 26.1. The van der Waals surface area contributed by atoms with E-state index in [1.54, 1.807) is 12.1 Å². The van der Waals surface area contributed by atoms with Crippen LogP contribution in [0.4, 0.5) is 0 Å². The Hall–Kier alpha value is -1.18. The van der Waals surface area contributed by atoms with Crippen LogP contribution in [0.5, 0.6) is 0 Å². The summed E-state index contributed by atoms with van der Waals surface area (Å²) < 4.78 is 5.29. The highest BCUT2D eigenvalue weighted by atomic mass is 127. The lowest BCUT2D eigenvalue weighted by Crippen LogP contribution is -2.30. The molecule has 1 aromatic heterocycles. The minimum atomic E-state index is -0.492. The van der Waals surface area contributed by atoms with Gasteiger partial charge in [0.25, 0.3) is 5.91 Å². The van der Waals surface area contributed by atoms with Crippen molar-refractivity contribution in [2.24, 2.45) is 0 Å². The van der Waals surface area contributed by atoms with E-state index in [1.165, 1.54) is 13.3 Å². The van der Waals surface area contributed by atoms with Gasteiger partial charge in [-0.15, -0.1) is 0 Å². The third kappa shape index (κ3) is 3.82. The molecule has 80 valence electrons. The van der Waals surface area contributed by atoms with Crippen LogP contribution in [0.15, 0.2) is 18.3 Å². The molecule has 1 amide bonds. The van der Waals surface area contributed by atoms with Crippen molar-refractivity contribution in [1.82, 2.24) is 10.3 Å². The van der Waals surface area contributed by atoms with E-state index in [2.05, 4.69) is 37.6 Å². The van der Waals surface area contributed by atoms with Crippen molar-refractivity contribution in [2.75, 3.05) is 13.7 Å². The Kier molecular flexibility index (Phi) is 4.47. The van der Waals surface area contributed by atoms with Crippen LogP contribution in [0.3, 0.4) is 0 Å². The number of ether oxygens (including phenoxy) is 1. The third-order valence-electron chi connectivity index (χ3n) is 1.58. The quantitative estimate of drug-likeness (QED) is 0.654. The van der Waals surface area contributed by atoms with Crippen LogP contribution in [-0.4, -0.2) is 30.5 Å². The Balaban J connectivity index is 2.58. The van der Waals surface area contributed by atoms with E-state index < -0.39 is 5.97 Å². The van der Waals surface area contributed by atoms with Gasteiger partial charge in [-0.3, -0.25) is 14.6 Å². The number of nitrogens with one attached hydrogen (secondary N) is 1. The Labute approximate surface area is 100 Å². The number of carbonyl (C=O) groups excluding carboxylic acids is 2. The SMILES string of the molecule is COC(=O)CNC(=O)c1cc(I)ccn1. The van der Waals surface area contributed by atoms with Gasteiger partial charge in [0.2, 0.25) is 0 Å². The molecule has 0 bridgehead atoms. The van der Waals surface area contributed by atoms with Gasteiger partial charge in [0, 0.05) is 9.77 Å². The summed E-state index contributed by atoms with van der Waals surface area (Å²) in [5.74, 6) is -0.882. The molecule has 0 saturated heterocycles. The summed E-state index contributed by atoms with van der Waals surface area (Å²) in [6.45, 7) is -0.150. The number of hydrogen-bond acceptors (Lipinski definition) is 4. The number of rotatable bonds is 3. The maximum Gasteiger partial charge on any atom is 0.325 e.